The Morgan fingerprint density at radius 2 is 1.95 bits per heavy atom. The summed E-state index contributed by atoms with van der Waals surface area (Å²) in [6, 6.07) is 4.07. The normalized spacial score (nSPS) is 11.8. The van der Waals surface area contributed by atoms with Crippen molar-refractivity contribution in [1.82, 2.24) is 10.5 Å². The molecule has 1 N–H and O–H groups in total. The highest BCUT2D eigenvalue weighted by Crippen LogP contribution is 2.30. The fourth-order valence-electron chi connectivity index (χ4n) is 1.58. The minimum Gasteiger partial charge on any atom is -0.360 e. The van der Waals surface area contributed by atoms with Gasteiger partial charge in [0.2, 0.25) is 0 Å². The number of nitrogens with zero attached hydrogens (tertiary/aromatic N) is 1. The number of aromatic nitrogens is 1. The Labute approximate surface area is 106 Å². The summed E-state index contributed by atoms with van der Waals surface area (Å²) in [5, 5.41) is 6.33. The maximum atomic E-state index is 13.1. The molecular formula is C12H10F4N2O. The third kappa shape index (κ3) is 3.78. The van der Waals surface area contributed by atoms with Crippen molar-refractivity contribution >= 4 is 0 Å². The van der Waals surface area contributed by atoms with Crippen LogP contribution in [0.25, 0.3) is 0 Å². The molecule has 0 spiro atoms. The monoisotopic (exact) mass is 274 g/mol. The van der Waals surface area contributed by atoms with E-state index in [1.165, 1.54) is 6.20 Å². The van der Waals surface area contributed by atoms with Crippen LogP contribution in [0, 0.1) is 5.82 Å². The van der Waals surface area contributed by atoms with Crippen LogP contribution in [0.1, 0.15) is 16.9 Å². The topological polar surface area (TPSA) is 38.1 Å². The van der Waals surface area contributed by atoms with Gasteiger partial charge in [0.25, 0.3) is 0 Å². The van der Waals surface area contributed by atoms with Crippen molar-refractivity contribution in [2.45, 2.75) is 19.3 Å². The van der Waals surface area contributed by atoms with E-state index in [1.54, 1.807) is 6.07 Å². The predicted octanol–water partition coefficient (Wildman–Crippen LogP) is 3.12. The lowest BCUT2D eigenvalue weighted by Crippen LogP contribution is -2.14. The highest BCUT2D eigenvalue weighted by Gasteiger charge is 2.31. The van der Waals surface area contributed by atoms with E-state index in [0.717, 1.165) is 12.1 Å². The highest BCUT2D eigenvalue weighted by atomic mass is 19.4. The van der Waals surface area contributed by atoms with Crippen molar-refractivity contribution in [3.05, 3.63) is 53.2 Å². The zero-order valence-corrected chi connectivity index (χ0v) is 9.67. The average Bonchev–Trinajstić information content (AvgIpc) is 2.80. The molecular weight excluding hydrogens is 264 g/mol. The molecule has 0 unspecified atom stereocenters. The van der Waals surface area contributed by atoms with E-state index in [9.17, 15) is 17.6 Å². The Balaban J connectivity index is 2.02. The molecule has 0 fully saturated rings. The average molecular weight is 274 g/mol. The highest BCUT2D eigenvalue weighted by molar-refractivity contribution is 5.26. The number of nitrogens with one attached hydrogen (secondary N) is 1. The first-order valence-corrected chi connectivity index (χ1v) is 5.42. The largest absolute Gasteiger partial charge is 0.416 e. The molecule has 0 atom stereocenters. The van der Waals surface area contributed by atoms with Crippen molar-refractivity contribution in [2.75, 3.05) is 0 Å². The summed E-state index contributed by atoms with van der Waals surface area (Å²) in [5.41, 5.74) is -0.782. The van der Waals surface area contributed by atoms with Crippen LogP contribution in [-0.4, -0.2) is 5.16 Å². The fraction of sp³-hybridized carbons (Fsp3) is 0.250. The van der Waals surface area contributed by atoms with Crippen LogP contribution in [0.2, 0.25) is 0 Å². The first-order chi connectivity index (χ1) is 8.95. The van der Waals surface area contributed by atoms with Crippen molar-refractivity contribution in [2.24, 2.45) is 0 Å². The van der Waals surface area contributed by atoms with Gasteiger partial charge in [0, 0.05) is 12.6 Å². The maximum Gasteiger partial charge on any atom is 0.416 e. The molecule has 1 aromatic heterocycles. The van der Waals surface area contributed by atoms with Crippen LogP contribution in [0.5, 0.6) is 0 Å². The minimum atomic E-state index is -4.55. The van der Waals surface area contributed by atoms with E-state index in [-0.39, 0.29) is 12.1 Å². The summed E-state index contributed by atoms with van der Waals surface area (Å²) in [6.45, 7) is 0.402. The van der Waals surface area contributed by atoms with Crippen LogP contribution >= 0.6 is 0 Å². The number of hydrogen-bond acceptors (Lipinski definition) is 3. The first kappa shape index (κ1) is 13.5. The zero-order chi connectivity index (χ0) is 13.9. The number of benzene rings is 1. The molecule has 0 radical (unpaired) electrons. The first-order valence-electron chi connectivity index (χ1n) is 5.42. The zero-order valence-electron chi connectivity index (χ0n) is 9.67. The van der Waals surface area contributed by atoms with E-state index in [4.69, 9.17) is 4.52 Å². The molecule has 1 heterocycles. The second-order valence-electron chi connectivity index (χ2n) is 3.93. The molecule has 0 aliphatic rings. The molecule has 1 aromatic carbocycles. The lowest BCUT2D eigenvalue weighted by atomic mass is 10.1. The standard InChI is InChI=1S/C12H10F4N2O/c13-10-4-8(3-9(5-10)12(14,15)16)6-17-7-11-1-2-18-19-11/h1-5,17H,6-7H2. The molecule has 0 amide bonds. The van der Waals surface area contributed by atoms with Gasteiger partial charge in [-0.05, 0) is 23.8 Å². The lowest BCUT2D eigenvalue weighted by molar-refractivity contribution is -0.137. The summed E-state index contributed by atoms with van der Waals surface area (Å²) in [6.07, 6.45) is -3.09. The Hall–Kier alpha value is -1.89. The van der Waals surface area contributed by atoms with E-state index >= 15 is 0 Å². The van der Waals surface area contributed by atoms with Crippen LogP contribution < -0.4 is 5.32 Å². The van der Waals surface area contributed by atoms with E-state index < -0.39 is 17.6 Å². The molecule has 0 bridgehead atoms. The molecule has 2 rings (SSSR count). The van der Waals surface area contributed by atoms with Crippen LogP contribution in [0.3, 0.4) is 0 Å². The lowest BCUT2D eigenvalue weighted by Gasteiger charge is -2.09. The van der Waals surface area contributed by atoms with E-state index in [2.05, 4.69) is 10.5 Å². The second-order valence-corrected chi connectivity index (χ2v) is 3.93. The number of rotatable bonds is 4. The smallest absolute Gasteiger partial charge is 0.360 e. The molecule has 0 aliphatic heterocycles. The number of alkyl halides is 3. The summed E-state index contributed by atoms with van der Waals surface area (Å²) in [7, 11) is 0. The van der Waals surface area contributed by atoms with Gasteiger partial charge in [-0.1, -0.05) is 5.16 Å². The van der Waals surface area contributed by atoms with Crippen molar-refractivity contribution in [1.29, 1.82) is 0 Å². The van der Waals surface area contributed by atoms with Gasteiger partial charge in [-0.15, -0.1) is 0 Å². The van der Waals surface area contributed by atoms with Gasteiger partial charge in [0.05, 0.1) is 18.3 Å². The summed E-state index contributed by atoms with van der Waals surface area (Å²) >= 11 is 0. The molecule has 0 saturated heterocycles. The quantitative estimate of drug-likeness (QED) is 0.870. The van der Waals surface area contributed by atoms with Gasteiger partial charge in [-0.3, -0.25) is 0 Å². The molecule has 0 aliphatic carbocycles. The van der Waals surface area contributed by atoms with Gasteiger partial charge in [-0.2, -0.15) is 13.2 Å². The fourth-order valence-corrected chi connectivity index (χ4v) is 1.58. The Bertz CT molecular complexity index is 537. The molecule has 102 valence electrons. The Morgan fingerprint density at radius 3 is 2.58 bits per heavy atom. The van der Waals surface area contributed by atoms with E-state index in [0.29, 0.717) is 18.4 Å². The maximum absolute atomic E-state index is 13.1. The second kappa shape index (κ2) is 5.40. The van der Waals surface area contributed by atoms with Crippen molar-refractivity contribution in [3.8, 4) is 0 Å². The summed E-state index contributed by atoms with van der Waals surface area (Å²) in [5.74, 6) is -0.362. The predicted molar refractivity (Wildman–Crippen MR) is 58.4 cm³/mol. The van der Waals surface area contributed by atoms with Crippen LogP contribution in [-0.2, 0) is 19.3 Å². The molecule has 19 heavy (non-hydrogen) atoms. The van der Waals surface area contributed by atoms with Gasteiger partial charge in [0.1, 0.15) is 11.6 Å². The van der Waals surface area contributed by atoms with Crippen molar-refractivity contribution in [3.63, 3.8) is 0 Å². The third-order valence-electron chi connectivity index (χ3n) is 2.40. The van der Waals surface area contributed by atoms with E-state index in [1.807, 2.05) is 0 Å². The molecule has 3 nitrogen and oxygen atoms in total. The molecule has 2 aromatic rings. The number of halogens is 4. The van der Waals surface area contributed by atoms with Gasteiger partial charge in [0.15, 0.2) is 0 Å². The minimum absolute atomic E-state index is 0.0988. The van der Waals surface area contributed by atoms with Gasteiger partial charge < -0.3 is 9.84 Å². The van der Waals surface area contributed by atoms with Crippen molar-refractivity contribution < 1.29 is 22.1 Å². The molecule has 7 heteroatoms. The number of hydrogen-bond donors (Lipinski definition) is 1. The van der Waals surface area contributed by atoms with Gasteiger partial charge >= 0.3 is 6.18 Å². The SMILES string of the molecule is Fc1cc(CNCc2ccno2)cc(C(F)(F)F)c1. The van der Waals surface area contributed by atoms with Crippen LogP contribution in [0.15, 0.2) is 35.0 Å². The van der Waals surface area contributed by atoms with Gasteiger partial charge in [-0.25, -0.2) is 4.39 Å². The summed E-state index contributed by atoms with van der Waals surface area (Å²) in [4.78, 5) is 0. The Kier molecular flexibility index (Phi) is 3.84. The molecule has 0 saturated carbocycles. The summed E-state index contributed by atoms with van der Waals surface area (Å²) < 4.78 is 55.4. The third-order valence-corrected chi connectivity index (χ3v) is 2.40. The Morgan fingerprint density at radius 1 is 1.16 bits per heavy atom. The van der Waals surface area contributed by atoms with Crippen LogP contribution in [0.4, 0.5) is 17.6 Å².